The number of nitrogens with zero attached hydrogens (tertiary/aromatic N) is 2. The van der Waals surface area contributed by atoms with Crippen LogP contribution in [0, 0.1) is 0 Å². The normalized spacial score (nSPS) is 11.5. The van der Waals surface area contributed by atoms with Crippen LogP contribution in [0.4, 0.5) is 5.13 Å². The Morgan fingerprint density at radius 1 is 1.48 bits per heavy atom. The molecule has 1 aromatic heterocycles. The second kappa shape index (κ2) is 7.59. The van der Waals surface area contributed by atoms with E-state index in [1.165, 1.54) is 11.3 Å². The number of hydrazone groups is 1. The van der Waals surface area contributed by atoms with Crippen LogP contribution in [0.25, 0.3) is 11.3 Å². The Hall–Kier alpha value is -1.36. The molecule has 1 N–H and O–H groups in total. The van der Waals surface area contributed by atoms with E-state index in [4.69, 9.17) is 23.2 Å². The summed E-state index contributed by atoms with van der Waals surface area (Å²) in [6, 6.07) is 5.37. The van der Waals surface area contributed by atoms with E-state index in [0.29, 0.717) is 10.0 Å². The third kappa shape index (κ3) is 4.56. The molecule has 0 aliphatic carbocycles. The minimum absolute atomic E-state index is 0.588. The molecule has 1 aromatic carbocycles. The Bertz CT molecular complexity index is 665. The van der Waals surface area contributed by atoms with E-state index in [1.54, 1.807) is 12.1 Å². The number of anilines is 1. The standard InChI is InChI=1S/C15H15Cl2N3S/c1-3-4-5-10(2)19-20-15-18-14(9-21-15)12-7-6-11(16)8-13(12)17/h3,6-9H,1,4-5H2,2H3,(H,18,20)/b19-10+. The molecule has 0 fully saturated rings. The van der Waals surface area contributed by atoms with E-state index in [-0.39, 0.29) is 0 Å². The van der Waals surface area contributed by atoms with Crippen LogP contribution < -0.4 is 5.43 Å². The summed E-state index contributed by atoms with van der Waals surface area (Å²) in [5.41, 5.74) is 5.64. The van der Waals surface area contributed by atoms with Crippen molar-refractivity contribution in [2.45, 2.75) is 19.8 Å². The monoisotopic (exact) mass is 339 g/mol. The van der Waals surface area contributed by atoms with Crippen LogP contribution in [0.15, 0.2) is 41.3 Å². The highest BCUT2D eigenvalue weighted by Gasteiger charge is 2.08. The van der Waals surface area contributed by atoms with Gasteiger partial charge in [0.25, 0.3) is 0 Å². The van der Waals surface area contributed by atoms with Crippen LogP contribution >= 0.6 is 34.5 Å². The minimum Gasteiger partial charge on any atom is -0.253 e. The molecule has 21 heavy (non-hydrogen) atoms. The summed E-state index contributed by atoms with van der Waals surface area (Å²) < 4.78 is 0. The lowest BCUT2D eigenvalue weighted by Crippen LogP contribution is -1.96. The van der Waals surface area contributed by atoms with Crippen molar-refractivity contribution in [3.05, 3.63) is 46.3 Å². The van der Waals surface area contributed by atoms with Gasteiger partial charge in [0.15, 0.2) is 0 Å². The van der Waals surface area contributed by atoms with Gasteiger partial charge in [-0.1, -0.05) is 29.3 Å². The Balaban J connectivity index is 2.09. The van der Waals surface area contributed by atoms with E-state index >= 15 is 0 Å². The summed E-state index contributed by atoms with van der Waals surface area (Å²) in [7, 11) is 0. The molecule has 2 rings (SSSR count). The number of thiazole rings is 1. The molecular formula is C15H15Cl2N3S. The summed E-state index contributed by atoms with van der Waals surface area (Å²) in [6.45, 7) is 5.67. The highest BCUT2D eigenvalue weighted by Crippen LogP contribution is 2.32. The first kappa shape index (κ1) is 16.0. The Labute approximate surface area is 138 Å². The molecule has 0 radical (unpaired) electrons. The Morgan fingerprint density at radius 2 is 2.29 bits per heavy atom. The first-order chi connectivity index (χ1) is 10.1. The van der Waals surface area contributed by atoms with Crippen molar-refractivity contribution in [3.63, 3.8) is 0 Å². The van der Waals surface area contributed by atoms with Crippen LogP contribution in [0.5, 0.6) is 0 Å². The lowest BCUT2D eigenvalue weighted by atomic mass is 10.2. The average Bonchev–Trinajstić information content (AvgIpc) is 2.91. The zero-order valence-corrected chi connectivity index (χ0v) is 13.9. The molecule has 0 amide bonds. The lowest BCUT2D eigenvalue weighted by Gasteiger charge is -2.01. The van der Waals surface area contributed by atoms with Gasteiger partial charge in [-0.15, -0.1) is 17.9 Å². The summed E-state index contributed by atoms with van der Waals surface area (Å²) in [5.74, 6) is 0. The number of halogens is 2. The maximum Gasteiger partial charge on any atom is 0.203 e. The second-order valence-electron chi connectivity index (χ2n) is 4.45. The molecule has 3 nitrogen and oxygen atoms in total. The van der Waals surface area contributed by atoms with Crippen molar-refractivity contribution in [1.82, 2.24) is 4.98 Å². The summed E-state index contributed by atoms with van der Waals surface area (Å²) in [5, 5.41) is 8.15. The van der Waals surface area contributed by atoms with E-state index in [9.17, 15) is 0 Å². The molecule has 0 spiro atoms. The molecule has 2 aromatic rings. The largest absolute Gasteiger partial charge is 0.253 e. The van der Waals surface area contributed by atoms with Crippen LogP contribution in [-0.4, -0.2) is 10.7 Å². The average molecular weight is 340 g/mol. The van der Waals surface area contributed by atoms with Crippen molar-refractivity contribution in [2.24, 2.45) is 5.10 Å². The molecule has 0 aliphatic rings. The topological polar surface area (TPSA) is 37.3 Å². The lowest BCUT2D eigenvalue weighted by molar-refractivity contribution is 1.08. The van der Waals surface area contributed by atoms with E-state index in [1.807, 2.05) is 24.4 Å². The van der Waals surface area contributed by atoms with Gasteiger partial charge in [-0.2, -0.15) is 5.10 Å². The minimum atomic E-state index is 0.588. The molecule has 0 atom stereocenters. The Kier molecular flexibility index (Phi) is 5.79. The quantitative estimate of drug-likeness (QED) is 0.405. The maximum absolute atomic E-state index is 6.18. The highest BCUT2D eigenvalue weighted by molar-refractivity contribution is 7.14. The van der Waals surface area contributed by atoms with Crippen LogP contribution in [-0.2, 0) is 0 Å². The zero-order valence-electron chi connectivity index (χ0n) is 11.6. The van der Waals surface area contributed by atoms with Crippen LogP contribution in [0.1, 0.15) is 19.8 Å². The first-order valence-corrected chi connectivity index (χ1v) is 8.04. The van der Waals surface area contributed by atoms with Crippen molar-refractivity contribution < 1.29 is 0 Å². The number of benzene rings is 1. The molecule has 6 heteroatoms. The molecule has 1 heterocycles. The summed E-state index contributed by atoms with van der Waals surface area (Å²) in [6.07, 6.45) is 3.68. The van der Waals surface area contributed by atoms with Gasteiger partial charge in [-0.25, -0.2) is 4.98 Å². The third-order valence-electron chi connectivity index (χ3n) is 2.76. The van der Waals surface area contributed by atoms with Crippen molar-refractivity contribution >= 4 is 45.4 Å². The SMILES string of the molecule is C=CCC/C(C)=N/Nc1nc(-c2ccc(Cl)cc2Cl)cs1. The number of aromatic nitrogens is 1. The van der Waals surface area contributed by atoms with Gasteiger partial charge in [0.2, 0.25) is 5.13 Å². The van der Waals surface area contributed by atoms with Gasteiger partial charge in [0.1, 0.15) is 0 Å². The first-order valence-electron chi connectivity index (χ1n) is 6.41. The van der Waals surface area contributed by atoms with Gasteiger partial charge in [0.05, 0.1) is 10.7 Å². The number of hydrogen-bond acceptors (Lipinski definition) is 4. The summed E-state index contributed by atoms with van der Waals surface area (Å²) >= 11 is 13.6. The van der Waals surface area contributed by atoms with Gasteiger partial charge in [-0.3, -0.25) is 5.43 Å². The van der Waals surface area contributed by atoms with Gasteiger partial charge in [0, 0.05) is 21.7 Å². The highest BCUT2D eigenvalue weighted by atomic mass is 35.5. The molecule has 0 aliphatic heterocycles. The fourth-order valence-corrected chi connectivity index (χ4v) is 2.81. The molecule has 0 bridgehead atoms. The maximum atomic E-state index is 6.18. The molecular weight excluding hydrogens is 325 g/mol. The van der Waals surface area contributed by atoms with Gasteiger partial charge >= 0.3 is 0 Å². The van der Waals surface area contributed by atoms with E-state index in [0.717, 1.165) is 34.9 Å². The fraction of sp³-hybridized carbons (Fsp3) is 0.200. The predicted molar refractivity (Wildman–Crippen MR) is 93.7 cm³/mol. The molecule has 110 valence electrons. The van der Waals surface area contributed by atoms with Crippen molar-refractivity contribution in [1.29, 1.82) is 0 Å². The number of hydrogen-bond donors (Lipinski definition) is 1. The number of nitrogens with one attached hydrogen (secondary N) is 1. The molecule has 0 saturated carbocycles. The summed E-state index contributed by atoms with van der Waals surface area (Å²) in [4.78, 5) is 4.48. The Morgan fingerprint density at radius 3 is 3.00 bits per heavy atom. The number of allylic oxidation sites excluding steroid dienone is 1. The predicted octanol–water partition coefficient (Wildman–Crippen LogP) is 5.87. The van der Waals surface area contributed by atoms with Crippen molar-refractivity contribution in [2.75, 3.05) is 5.43 Å². The van der Waals surface area contributed by atoms with E-state index in [2.05, 4.69) is 22.1 Å². The second-order valence-corrected chi connectivity index (χ2v) is 6.15. The van der Waals surface area contributed by atoms with Gasteiger partial charge in [-0.05, 0) is 38.0 Å². The third-order valence-corrected chi connectivity index (χ3v) is 4.06. The smallest absolute Gasteiger partial charge is 0.203 e. The van der Waals surface area contributed by atoms with Crippen LogP contribution in [0.3, 0.4) is 0 Å². The zero-order chi connectivity index (χ0) is 15.2. The fourth-order valence-electron chi connectivity index (χ4n) is 1.66. The van der Waals surface area contributed by atoms with Crippen molar-refractivity contribution in [3.8, 4) is 11.3 Å². The molecule has 0 unspecified atom stereocenters. The van der Waals surface area contributed by atoms with Crippen LogP contribution in [0.2, 0.25) is 10.0 Å². The van der Waals surface area contributed by atoms with Gasteiger partial charge < -0.3 is 0 Å². The molecule has 0 saturated heterocycles. The number of rotatable bonds is 6. The van der Waals surface area contributed by atoms with E-state index < -0.39 is 0 Å².